The van der Waals surface area contributed by atoms with Crippen LogP contribution in [0.15, 0.2) is 58.8 Å². The Kier molecular flexibility index (Phi) is 4.41. The van der Waals surface area contributed by atoms with E-state index >= 15 is 0 Å². The number of nitrogens with one attached hydrogen (secondary N) is 1. The average Bonchev–Trinajstić information content (AvgIpc) is 2.82. The minimum atomic E-state index is -0.576. The molecule has 3 rings (SSSR count). The molecule has 1 fully saturated rings. The number of carbonyl (C=O) groups is 1. The van der Waals surface area contributed by atoms with Gasteiger partial charge in [-0.1, -0.05) is 35.9 Å². The Balaban J connectivity index is 1.80. The lowest BCUT2D eigenvalue weighted by Gasteiger charge is -2.15. The van der Waals surface area contributed by atoms with Gasteiger partial charge in [0.25, 0.3) is 5.91 Å². The fraction of sp³-hybridized carbons (Fsp3) is 0.235. The summed E-state index contributed by atoms with van der Waals surface area (Å²) in [4.78, 5) is 12.6. The zero-order chi connectivity index (χ0) is 16.4. The van der Waals surface area contributed by atoms with Crippen LogP contribution in [-0.2, 0) is 4.79 Å². The highest BCUT2D eigenvalue weighted by molar-refractivity contribution is 6.33. The number of para-hydroxylation sites is 1. The minimum absolute atomic E-state index is 0.129. The summed E-state index contributed by atoms with van der Waals surface area (Å²) in [6, 6.07) is 14.2. The second-order valence-corrected chi connectivity index (χ2v) is 5.95. The van der Waals surface area contributed by atoms with Gasteiger partial charge >= 0.3 is 0 Å². The number of halogens is 1. The summed E-state index contributed by atoms with van der Waals surface area (Å²) in [6.45, 7) is 3.86. The monoisotopic (exact) mass is 328 g/mol. The van der Waals surface area contributed by atoms with Crippen LogP contribution in [-0.4, -0.2) is 18.0 Å². The Hall–Kier alpha value is -2.24. The van der Waals surface area contributed by atoms with E-state index in [9.17, 15) is 4.79 Å². The lowest BCUT2D eigenvalue weighted by Crippen LogP contribution is -2.36. The third kappa shape index (κ3) is 3.25. The van der Waals surface area contributed by atoms with Gasteiger partial charge in [0.1, 0.15) is 5.69 Å². The number of anilines is 1. The Bertz CT molecular complexity index is 748. The summed E-state index contributed by atoms with van der Waals surface area (Å²) in [6.07, 6.45) is 0. The van der Waals surface area contributed by atoms with E-state index in [0.29, 0.717) is 10.7 Å². The molecule has 0 saturated carbocycles. The number of azo groups is 1. The first-order chi connectivity index (χ1) is 11.1. The van der Waals surface area contributed by atoms with Crippen molar-refractivity contribution >= 4 is 28.9 Å². The molecule has 5 nitrogen and oxygen atoms in total. The van der Waals surface area contributed by atoms with E-state index in [-0.39, 0.29) is 11.9 Å². The van der Waals surface area contributed by atoms with Gasteiger partial charge in [-0.05, 0) is 43.7 Å². The Morgan fingerprint density at radius 3 is 2.61 bits per heavy atom. The molecule has 0 bridgehead atoms. The number of rotatable bonds is 3. The second-order valence-electron chi connectivity index (χ2n) is 5.54. The van der Waals surface area contributed by atoms with Crippen molar-refractivity contribution in [1.29, 1.82) is 0 Å². The molecule has 2 aromatic rings. The lowest BCUT2D eigenvalue weighted by atomic mass is 10.2. The number of amides is 1. The van der Waals surface area contributed by atoms with E-state index in [0.717, 1.165) is 11.3 Å². The SMILES string of the molecule is Cc1ccc(N=NC2C(=O)N(c3ccccc3)NC2C)c(Cl)c1. The van der Waals surface area contributed by atoms with Crippen molar-refractivity contribution < 1.29 is 4.79 Å². The number of hydrogen-bond acceptors (Lipinski definition) is 4. The van der Waals surface area contributed by atoms with Crippen LogP contribution in [0, 0.1) is 6.92 Å². The molecule has 2 atom stereocenters. The van der Waals surface area contributed by atoms with Gasteiger partial charge in [-0.3, -0.25) is 4.79 Å². The van der Waals surface area contributed by atoms with Gasteiger partial charge in [-0.25, -0.2) is 10.4 Å². The first kappa shape index (κ1) is 15.6. The highest BCUT2D eigenvalue weighted by Gasteiger charge is 2.38. The van der Waals surface area contributed by atoms with E-state index in [4.69, 9.17) is 11.6 Å². The summed E-state index contributed by atoms with van der Waals surface area (Å²) >= 11 is 6.15. The number of hydrazine groups is 1. The van der Waals surface area contributed by atoms with Crippen LogP contribution in [0.2, 0.25) is 5.02 Å². The Morgan fingerprint density at radius 2 is 1.91 bits per heavy atom. The smallest absolute Gasteiger partial charge is 0.269 e. The summed E-state index contributed by atoms with van der Waals surface area (Å²) < 4.78 is 0. The van der Waals surface area contributed by atoms with Gasteiger partial charge in [0, 0.05) is 0 Å². The molecule has 23 heavy (non-hydrogen) atoms. The molecule has 1 aliphatic rings. The van der Waals surface area contributed by atoms with Crippen LogP contribution < -0.4 is 10.4 Å². The van der Waals surface area contributed by atoms with Gasteiger partial charge in [0.15, 0.2) is 6.04 Å². The topological polar surface area (TPSA) is 57.1 Å². The normalized spacial score (nSPS) is 21.3. The molecule has 0 aromatic heterocycles. The molecule has 2 unspecified atom stereocenters. The van der Waals surface area contributed by atoms with Crippen LogP contribution in [0.3, 0.4) is 0 Å². The van der Waals surface area contributed by atoms with Gasteiger partial charge < -0.3 is 0 Å². The molecule has 0 spiro atoms. The lowest BCUT2D eigenvalue weighted by molar-refractivity contribution is -0.118. The van der Waals surface area contributed by atoms with E-state index in [1.807, 2.05) is 56.3 Å². The number of aryl methyl sites for hydroxylation is 1. The fourth-order valence-electron chi connectivity index (χ4n) is 2.43. The van der Waals surface area contributed by atoms with Crippen LogP contribution in [0.4, 0.5) is 11.4 Å². The van der Waals surface area contributed by atoms with Crippen molar-refractivity contribution in [3.8, 4) is 0 Å². The Labute approximate surface area is 139 Å². The highest BCUT2D eigenvalue weighted by atomic mass is 35.5. The molecule has 1 N–H and O–H groups in total. The molecule has 118 valence electrons. The molecule has 6 heteroatoms. The zero-order valence-electron chi connectivity index (χ0n) is 12.9. The van der Waals surface area contributed by atoms with Gasteiger partial charge in [-0.15, -0.1) is 0 Å². The van der Waals surface area contributed by atoms with Crippen molar-refractivity contribution in [2.24, 2.45) is 10.2 Å². The van der Waals surface area contributed by atoms with Crippen LogP contribution >= 0.6 is 11.6 Å². The van der Waals surface area contributed by atoms with Crippen LogP contribution in [0.1, 0.15) is 12.5 Å². The quantitative estimate of drug-likeness (QED) is 0.864. The predicted molar refractivity (Wildman–Crippen MR) is 91.0 cm³/mol. The molecule has 1 heterocycles. The van der Waals surface area contributed by atoms with Gasteiger partial charge in [0.2, 0.25) is 0 Å². The van der Waals surface area contributed by atoms with E-state index in [1.165, 1.54) is 5.01 Å². The fourth-order valence-corrected chi connectivity index (χ4v) is 2.70. The van der Waals surface area contributed by atoms with Crippen molar-refractivity contribution in [3.63, 3.8) is 0 Å². The van der Waals surface area contributed by atoms with Crippen molar-refractivity contribution in [1.82, 2.24) is 5.43 Å². The summed E-state index contributed by atoms with van der Waals surface area (Å²) in [5.41, 5.74) is 5.53. The maximum Gasteiger partial charge on any atom is 0.269 e. The van der Waals surface area contributed by atoms with E-state index in [1.54, 1.807) is 6.07 Å². The highest BCUT2D eigenvalue weighted by Crippen LogP contribution is 2.27. The number of benzene rings is 2. The molecule has 1 amide bonds. The molecule has 1 aliphatic heterocycles. The first-order valence-corrected chi connectivity index (χ1v) is 7.76. The van der Waals surface area contributed by atoms with E-state index < -0.39 is 6.04 Å². The number of carbonyl (C=O) groups excluding carboxylic acids is 1. The molecular weight excluding hydrogens is 312 g/mol. The van der Waals surface area contributed by atoms with Gasteiger partial charge in [-0.2, -0.15) is 10.2 Å². The Morgan fingerprint density at radius 1 is 1.17 bits per heavy atom. The summed E-state index contributed by atoms with van der Waals surface area (Å²) in [7, 11) is 0. The second kappa shape index (κ2) is 6.48. The molecular formula is C17H17ClN4O. The summed E-state index contributed by atoms with van der Waals surface area (Å²) in [5.74, 6) is -0.129. The summed E-state index contributed by atoms with van der Waals surface area (Å²) in [5, 5.41) is 10.4. The van der Waals surface area contributed by atoms with Gasteiger partial charge in [0.05, 0.1) is 16.8 Å². The van der Waals surface area contributed by atoms with Crippen molar-refractivity contribution in [2.45, 2.75) is 25.9 Å². The first-order valence-electron chi connectivity index (χ1n) is 7.38. The van der Waals surface area contributed by atoms with Crippen molar-refractivity contribution in [3.05, 3.63) is 59.1 Å². The van der Waals surface area contributed by atoms with Crippen molar-refractivity contribution in [2.75, 3.05) is 5.01 Å². The maximum atomic E-state index is 12.6. The predicted octanol–water partition coefficient (Wildman–Crippen LogP) is 4.04. The van der Waals surface area contributed by atoms with Crippen LogP contribution in [0.5, 0.6) is 0 Å². The third-order valence-corrected chi connectivity index (χ3v) is 3.99. The minimum Gasteiger partial charge on any atom is -0.270 e. The number of nitrogens with zero attached hydrogens (tertiary/aromatic N) is 3. The van der Waals surface area contributed by atoms with E-state index in [2.05, 4.69) is 15.7 Å². The zero-order valence-corrected chi connectivity index (χ0v) is 13.7. The molecule has 0 radical (unpaired) electrons. The third-order valence-electron chi connectivity index (χ3n) is 3.69. The molecule has 2 aromatic carbocycles. The maximum absolute atomic E-state index is 12.6. The number of hydrogen-bond donors (Lipinski definition) is 1. The van der Waals surface area contributed by atoms with Crippen LogP contribution in [0.25, 0.3) is 0 Å². The standard InChI is InChI=1S/C17H17ClN4O/c1-11-8-9-15(14(18)10-11)19-20-16-12(2)21-22(17(16)23)13-6-4-3-5-7-13/h3-10,12,16,21H,1-2H3. The largest absolute Gasteiger partial charge is 0.270 e. The molecule has 1 saturated heterocycles. The molecule has 0 aliphatic carbocycles. The average molecular weight is 329 g/mol.